The fraction of sp³-hybridized carbons (Fsp3) is 0.500. The highest BCUT2D eigenvalue weighted by molar-refractivity contribution is 6.18. The zero-order valence-electron chi connectivity index (χ0n) is 10.2. The molecule has 0 aromatic heterocycles. The second-order valence-corrected chi connectivity index (χ2v) is 5.13. The zero-order chi connectivity index (χ0) is 13.0. The number of halogens is 2. The van der Waals surface area contributed by atoms with Gasteiger partial charge in [0.15, 0.2) is 0 Å². The van der Waals surface area contributed by atoms with E-state index in [1.807, 2.05) is 0 Å². The second kappa shape index (κ2) is 6.19. The van der Waals surface area contributed by atoms with Crippen LogP contribution in [0.5, 0.6) is 0 Å². The van der Waals surface area contributed by atoms with Gasteiger partial charge in [0, 0.05) is 11.9 Å². The summed E-state index contributed by atoms with van der Waals surface area (Å²) in [6.07, 6.45) is 3.41. The summed E-state index contributed by atoms with van der Waals surface area (Å²) in [5.74, 6) is 0.607. The number of hydrogen-bond acceptors (Lipinski definition) is 1. The molecule has 1 aliphatic carbocycles. The van der Waals surface area contributed by atoms with Crippen LogP contribution < -0.4 is 5.32 Å². The third-order valence-electron chi connectivity index (χ3n) is 3.46. The number of nitrogens with one attached hydrogen (secondary N) is 1. The molecular formula is C14H17ClFNO. The van der Waals surface area contributed by atoms with Crippen LogP contribution in [0.3, 0.4) is 0 Å². The Morgan fingerprint density at radius 2 is 2.28 bits per heavy atom. The maximum absolute atomic E-state index is 13.0. The molecule has 1 N–H and O–H groups in total. The minimum Gasteiger partial charge on any atom is -0.353 e. The lowest BCUT2D eigenvalue weighted by Crippen LogP contribution is -2.38. The molecule has 1 aromatic rings. The quantitative estimate of drug-likeness (QED) is 0.837. The van der Waals surface area contributed by atoms with Crippen molar-refractivity contribution in [2.75, 3.05) is 5.88 Å². The highest BCUT2D eigenvalue weighted by Crippen LogP contribution is 2.26. The SMILES string of the molecule is O=C(Cc1cccc(F)c1)NC1CCCC1CCl. The molecule has 2 unspecified atom stereocenters. The van der Waals surface area contributed by atoms with Crippen molar-refractivity contribution < 1.29 is 9.18 Å². The second-order valence-electron chi connectivity index (χ2n) is 4.83. The van der Waals surface area contributed by atoms with Crippen molar-refractivity contribution in [3.8, 4) is 0 Å². The Labute approximate surface area is 112 Å². The zero-order valence-corrected chi connectivity index (χ0v) is 10.9. The molecule has 1 saturated carbocycles. The molecule has 98 valence electrons. The van der Waals surface area contributed by atoms with E-state index in [9.17, 15) is 9.18 Å². The minimum absolute atomic E-state index is 0.0531. The fourth-order valence-electron chi connectivity index (χ4n) is 2.50. The van der Waals surface area contributed by atoms with E-state index >= 15 is 0 Å². The fourth-order valence-corrected chi connectivity index (χ4v) is 2.87. The Morgan fingerprint density at radius 3 is 3.00 bits per heavy atom. The topological polar surface area (TPSA) is 29.1 Å². The van der Waals surface area contributed by atoms with E-state index in [0.717, 1.165) is 19.3 Å². The number of amides is 1. The van der Waals surface area contributed by atoms with Gasteiger partial charge in [0.05, 0.1) is 6.42 Å². The van der Waals surface area contributed by atoms with Crippen molar-refractivity contribution >= 4 is 17.5 Å². The largest absolute Gasteiger partial charge is 0.353 e. The first-order chi connectivity index (χ1) is 8.69. The highest BCUT2D eigenvalue weighted by atomic mass is 35.5. The van der Waals surface area contributed by atoms with Crippen LogP contribution in [0.2, 0.25) is 0 Å². The van der Waals surface area contributed by atoms with Crippen LogP contribution in [0.15, 0.2) is 24.3 Å². The molecule has 18 heavy (non-hydrogen) atoms. The Bertz CT molecular complexity index is 424. The molecule has 0 saturated heterocycles. The summed E-state index contributed by atoms with van der Waals surface area (Å²) in [5, 5.41) is 3.00. The Kier molecular flexibility index (Phi) is 4.59. The Morgan fingerprint density at radius 1 is 1.44 bits per heavy atom. The van der Waals surface area contributed by atoms with Crippen molar-refractivity contribution in [1.29, 1.82) is 0 Å². The van der Waals surface area contributed by atoms with Crippen LogP contribution in [0.25, 0.3) is 0 Å². The Hall–Kier alpha value is -1.09. The predicted octanol–water partition coefficient (Wildman–Crippen LogP) is 2.89. The van der Waals surface area contributed by atoms with Crippen LogP contribution in [0, 0.1) is 11.7 Å². The molecule has 0 bridgehead atoms. The average Bonchev–Trinajstić information content (AvgIpc) is 2.76. The van der Waals surface area contributed by atoms with Gasteiger partial charge in [0.1, 0.15) is 5.82 Å². The van der Waals surface area contributed by atoms with Crippen LogP contribution in [-0.4, -0.2) is 17.8 Å². The minimum atomic E-state index is -0.306. The maximum atomic E-state index is 13.0. The summed E-state index contributed by atoms with van der Waals surface area (Å²) in [7, 11) is 0. The number of rotatable bonds is 4. The van der Waals surface area contributed by atoms with E-state index in [1.165, 1.54) is 12.1 Å². The average molecular weight is 270 g/mol. The maximum Gasteiger partial charge on any atom is 0.224 e. The summed E-state index contributed by atoms with van der Waals surface area (Å²) in [6.45, 7) is 0. The van der Waals surface area contributed by atoms with Gasteiger partial charge < -0.3 is 5.32 Å². The van der Waals surface area contributed by atoms with Crippen LogP contribution in [0.4, 0.5) is 4.39 Å². The van der Waals surface area contributed by atoms with Crippen molar-refractivity contribution in [1.82, 2.24) is 5.32 Å². The third-order valence-corrected chi connectivity index (χ3v) is 3.85. The smallest absolute Gasteiger partial charge is 0.224 e. The summed E-state index contributed by atoms with van der Waals surface area (Å²) < 4.78 is 13.0. The van der Waals surface area contributed by atoms with Gasteiger partial charge in [-0.15, -0.1) is 11.6 Å². The van der Waals surface area contributed by atoms with Gasteiger partial charge >= 0.3 is 0 Å². The van der Waals surface area contributed by atoms with Gasteiger partial charge in [-0.25, -0.2) is 4.39 Å². The molecular weight excluding hydrogens is 253 g/mol. The predicted molar refractivity (Wildman–Crippen MR) is 70.1 cm³/mol. The van der Waals surface area contributed by atoms with Crippen LogP contribution >= 0.6 is 11.6 Å². The van der Waals surface area contributed by atoms with E-state index in [0.29, 0.717) is 17.4 Å². The standard InChI is InChI=1S/C14H17ClFNO/c15-9-11-4-2-6-13(11)17-14(18)8-10-3-1-5-12(16)7-10/h1,3,5,7,11,13H,2,4,6,8-9H2,(H,17,18). The normalized spacial score (nSPS) is 23.0. The van der Waals surface area contributed by atoms with E-state index < -0.39 is 0 Å². The van der Waals surface area contributed by atoms with Crippen molar-refractivity contribution in [3.05, 3.63) is 35.6 Å². The molecule has 2 rings (SSSR count). The van der Waals surface area contributed by atoms with E-state index in [2.05, 4.69) is 5.32 Å². The van der Waals surface area contributed by atoms with Gasteiger partial charge in [-0.05, 0) is 36.5 Å². The lowest BCUT2D eigenvalue weighted by molar-refractivity contribution is -0.121. The van der Waals surface area contributed by atoms with Gasteiger partial charge in [-0.2, -0.15) is 0 Å². The van der Waals surface area contributed by atoms with Crippen LogP contribution in [0.1, 0.15) is 24.8 Å². The van der Waals surface area contributed by atoms with Gasteiger partial charge in [-0.1, -0.05) is 18.6 Å². The van der Waals surface area contributed by atoms with E-state index in [4.69, 9.17) is 11.6 Å². The molecule has 2 atom stereocenters. The lowest BCUT2D eigenvalue weighted by atomic mass is 10.1. The van der Waals surface area contributed by atoms with Crippen LogP contribution in [-0.2, 0) is 11.2 Å². The molecule has 1 amide bonds. The van der Waals surface area contributed by atoms with E-state index in [1.54, 1.807) is 12.1 Å². The summed E-state index contributed by atoms with van der Waals surface area (Å²) in [5.41, 5.74) is 0.702. The van der Waals surface area contributed by atoms with Crippen molar-refractivity contribution in [3.63, 3.8) is 0 Å². The number of benzene rings is 1. The van der Waals surface area contributed by atoms with Crippen molar-refractivity contribution in [2.45, 2.75) is 31.7 Å². The summed E-state index contributed by atoms with van der Waals surface area (Å²) >= 11 is 5.87. The highest BCUT2D eigenvalue weighted by Gasteiger charge is 2.27. The van der Waals surface area contributed by atoms with Gasteiger partial charge in [0.2, 0.25) is 5.91 Å². The first-order valence-electron chi connectivity index (χ1n) is 6.29. The van der Waals surface area contributed by atoms with Gasteiger partial charge in [-0.3, -0.25) is 4.79 Å². The molecule has 2 nitrogen and oxygen atoms in total. The molecule has 0 heterocycles. The number of carbonyl (C=O) groups is 1. The molecule has 0 spiro atoms. The molecule has 1 aromatic carbocycles. The first-order valence-corrected chi connectivity index (χ1v) is 6.82. The first kappa shape index (κ1) is 13.3. The number of hydrogen-bond donors (Lipinski definition) is 1. The molecule has 4 heteroatoms. The number of alkyl halides is 1. The molecule has 1 fully saturated rings. The van der Waals surface area contributed by atoms with E-state index in [-0.39, 0.29) is 24.2 Å². The number of carbonyl (C=O) groups excluding carboxylic acids is 1. The monoisotopic (exact) mass is 269 g/mol. The molecule has 0 radical (unpaired) electrons. The lowest BCUT2D eigenvalue weighted by Gasteiger charge is -2.18. The van der Waals surface area contributed by atoms with Crippen molar-refractivity contribution in [2.24, 2.45) is 5.92 Å². The third kappa shape index (κ3) is 3.45. The summed E-state index contributed by atoms with van der Waals surface area (Å²) in [6, 6.07) is 6.34. The molecule has 1 aliphatic rings. The van der Waals surface area contributed by atoms with Gasteiger partial charge in [0.25, 0.3) is 0 Å². The summed E-state index contributed by atoms with van der Waals surface area (Å²) in [4.78, 5) is 11.9. The molecule has 0 aliphatic heterocycles. The Balaban J connectivity index is 1.89.